The molecular formula is C19H16F4N2O3. The Hall–Kier alpha value is -2.94. The van der Waals surface area contributed by atoms with Crippen LogP contribution in [0.25, 0.3) is 0 Å². The number of alkyl halides is 3. The normalized spacial score (nSPS) is 25.0. The maximum absolute atomic E-state index is 13.7. The molecule has 0 spiro atoms. The number of ketones is 1. The van der Waals surface area contributed by atoms with E-state index >= 15 is 0 Å². The lowest BCUT2D eigenvalue weighted by Crippen LogP contribution is -2.72. The Kier molecular flexibility index (Phi) is 4.88. The maximum atomic E-state index is 13.7. The molecule has 2 aromatic rings. The van der Waals surface area contributed by atoms with Crippen molar-refractivity contribution >= 4 is 11.8 Å². The molecule has 0 aliphatic carbocycles. The zero-order chi connectivity index (χ0) is 20.7. The molecule has 1 saturated heterocycles. The van der Waals surface area contributed by atoms with Crippen LogP contribution in [0.2, 0.25) is 0 Å². The van der Waals surface area contributed by atoms with Crippen LogP contribution in [0.4, 0.5) is 22.4 Å². The molecule has 1 aliphatic heterocycles. The summed E-state index contributed by atoms with van der Waals surface area (Å²) in [4.78, 5) is 24.8. The van der Waals surface area contributed by atoms with Crippen molar-refractivity contribution in [3.63, 3.8) is 0 Å². The van der Waals surface area contributed by atoms with Crippen molar-refractivity contribution in [1.29, 1.82) is 0 Å². The Labute approximate surface area is 157 Å². The highest BCUT2D eigenvalue weighted by atomic mass is 19.4. The fraction of sp³-hybridized carbons (Fsp3) is 0.263. The van der Waals surface area contributed by atoms with E-state index < -0.39 is 41.5 Å². The van der Waals surface area contributed by atoms with Crippen LogP contribution in [0.5, 0.6) is 0 Å². The van der Waals surface area contributed by atoms with Gasteiger partial charge in [-0.1, -0.05) is 29.8 Å². The molecule has 5 nitrogen and oxygen atoms in total. The van der Waals surface area contributed by atoms with Crippen LogP contribution in [0.15, 0.2) is 48.5 Å². The van der Waals surface area contributed by atoms with E-state index in [1.165, 1.54) is 17.4 Å². The summed E-state index contributed by atoms with van der Waals surface area (Å²) >= 11 is 0. The molecule has 148 valence electrons. The second-order valence-electron chi connectivity index (χ2n) is 6.60. The maximum Gasteiger partial charge on any atom is 0.437 e. The van der Waals surface area contributed by atoms with Crippen molar-refractivity contribution in [2.45, 2.75) is 24.9 Å². The van der Waals surface area contributed by atoms with Crippen LogP contribution in [0.3, 0.4) is 0 Å². The standard InChI is InChI=1S/C19H16F4N2O3/c1-10-2-4-11(5-3-10)15-14(16(26)12-6-8-13(20)9-7-12)18(28,19(21,22)23)25-17(27)24-15/h2-9,14-15,28H,1H3,(H2,24,25,27)/t14-,15-,18-/m1/s1. The first kappa shape index (κ1) is 19.8. The Bertz CT molecular complexity index is 897. The zero-order valence-electron chi connectivity index (χ0n) is 14.5. The SMILES string of the molecule is Cc1ccc([C@H]2NC(=O)N[C@](O)(C(F)(F)F)[C@H]2C(=O)c2ccc(F)cc2)cc1. The van der Waals surface area contributed by atoms with Crippen molar-refractivity contribution in [1.82, 2.24) is 10.6 Å². The number of aryl methyl sites for hydroxylation is 1. The van der Waals surface area contributed by atoms with Gasteiger partial charge in [-0.15, -0.1) is 0 Å². The van der Waals surface area contributed by atoms with Gasteiger partial charge in [-0.3, -0.25) is 4.79 Å². The summed E-state index contributed by atoms with van der Waals surface area (Å²) < 4.78 is 54.4. The van der Waals surface area contributed by atoms with Gasteiger partial charge in [-0.2, -0.15) is 13.2 Å². The van der Waals surface area contributed by atoms with Crippen LogP contribution in [-0.2, 0) is 0 Å². The summed E-state index contributed by atoms with van der Waals surface area (Å²) in [5.41, 5.74) is -3.01. The Morgan fingerprint density at radius 2 is 1.64 bits per heavy atom. The van der Waals surface area contributed by atoms with E-state index in [0.717, 1.165) is 29.8 Å². The molecule has 2 amide bonds. The number of Topliss-reactive ketones (excluding diaryl/α,β-unsaturated/α-hetero) is 1. The lowest BCUT2D eigenvalue weighted by molar-refractivity contribution is -0.287. The molecule has 28 heavy (non-hydrogen) atoms. The van der Waals surface area contributed by atoms with E-state index in [0.29, 0.717) is 0 Å². The lowest BCUT2D eigenvalue weighted by atomic mass is 9.77. The third-order valence-electron chi connectivity index (χ3n) is 4.65. The van der Waals surface area contributed by atoms with Gasteiger partial charge in [0.1, 0.15) is 11.7 Å². The Morgan fingerprint density at radius 3 is 2.18 bits per heavy atom. The number of benzene rings is 2. The number of aliphatic hydroxyl groups is 1. The van der Waals surface area contributed by atoms with Crippen molar-refractivity contribution in [2.24, 2.45) is 5.92 Å². The average Bonchev–Trinajstić information content (AvgIpc) is 2.61. The summed E-state index contributed by atoms with van der Waals surface area (Å²) in [6.07, 6.45) is -5.34. The van der Waals surface area contributed by atoms with Crippen LogP contribution >= 0.6 is 0 Å². The zero-order valence-corrected chi connectivity index (χ0v) is 14.5. The highest BCUT2D eigenvalue weighted by Gasteiger charge is 2.66. The van der Waals surface area contributed by atoms with Crippen molar-refractivity contribution < 1.29 is 32.3 Å². The smallest absolute Gasteiger partial charge is 0.363 e. The molecule has 1 fully saturated rings. The minimum Gasteiger partial charge on any atom is -0.363 e. The Balaban J connectivity index is 2.15. The van der Waals surface area contributed by atoms with Crippen LogP contribution < -0.4 is 10.6 Å². The molecule has 0 aromatic heterocycles. The molecule has 3 atom stereocenters. The molecule has 0 bridgehead atoms. The van der Waals surface area contributed by atoms with E-state index in [1.54, 1.807) is 19.1 Å². The fourth-order valence-electron chi connectivity index (χ4n) is 3.18. The molecule has 1 aliphatic rings. The molecular weight excluding hydrogens is 380 g/mol. The number of carbonyl (C=O) groups excluding carboxylic acids is 2. The quantitative estimate of drug-likeness (QED) is 0.551. The molecule has 3 rings (SSSR count). The van der Waals surface area contributed by atoms with Crippen LogP contribution in [-0.4, -0.2) is 28.8 Å². The van der Waals surface area contributed by atoms with Gasteiger partial charge in [-0.05, 0) is 36.8 Å². The molecule has 9 heteroatoms. The molecule has 1 heterocycles. The third-order valence-corrected chi connectivity index (χ3v) is 4.65. The predicted octanol–water partition coefficient (Wildman–Crippen LogP) is 3.24. The summed E-state index contributed by atoms with van der Waals surface area (Å²) in [7, 11) is 0. The van der Waals surface area contributed by atoms with Gasteiger partial charge in [0.05, 0.1) is 6.04 Å². The fourth-order valence-corrected chi connectivity index (χ4v) is 3.18. The van der Waals surface area contributed by atoms with Gasteiger partial charge in [0, 0.05) is 5.56 Å². The minimum absolute atomic E-state index is 0.212. The molecule has 2 aromatic carbocycles. The number of nitrogens with one attached hydrogen (secondary N) is 2. The topological polar surface area (TPSA) is 78.4 Å². The number of rotatable bonds is 3. The number of urea groups is 1. The number of carbonyl (C=O) groups is 2. The van der Waals surface area contributed by atoms with E-state index in [4.69, 9.17) is 0 Å². The van der Waals surface area contributed by atoms with E-state index in [-0.39, 0.29) is 11.1 Å². The Morgan fingerprint density at radius 1 is 1.07 bits per heavy atom. The highest BCUT2D eigenvalue weighted by Crippen LogP contribution is 2.43. The summed E-state index contributed by atoms with van der Waals surface area (Å²) in [5.74, 6) is -3.91. The van der Waals surface area contributed by atoms with Gasteiger partial charge in [-0.25, -0.2) is 9.18 Å². The van der Waals surface area contributed by atoms with Gasteiger partial charge in [0.25, 0.3) is 0 Å². The molecule has 3 N–H and O–H groups in total. The van der Waals surface area contributed by atoms with Gasteiger partial charge < -0.3 is 15.7 Å². The number of hydrogen-bond acceptors (Lipinski definition) is 3. The summed E-state index contributed by atoms with van der Waals surface area (Å²) in [5, 5.41) is 14.1. The van der Waals surface area contributed by atoms with E-state index in [9.17, 15) is 32.3 Å². The summed E-state index contributed by atoms with van der Waals surface area (Å²) in [6, 6.07) is 7.32. The first-order valence-electron chi connectivity index (χ1n) is 8.27. The largest absolute Gasteiger partial charge is 0.437 e. The van der Waals surface area contributed by atoms with Crippen molar-refractivity contribution in [2.75, 3.05) is 0 Å². The second-order valence-corrected chi connectivity index (χ2v) is 6.60. The first-order chi connectivity index (χ1) is 13.0. The lowest BCUT2D eigenvalue weighted by Gasteiger charge is -2.45. The van der Waals surface area contributed by atoms with Gasteiger partial charge in [0.15, 0.2) is 5.78 Å². The van der Waals surface area contributed by atoms with Crippen molar-refractivity contribution in [3.8, 4) is 0 Å². The number of hydrogen-bond donors (Lipinski definition) is 3. The van der Waals surface area contributed by atoms with Gasteiger partial charge >= 0.3 is 12.2 Å². The van der Waals surface area contributed by atoms with Crippen molar-refractivity contribution in [3.05, 3.63) is 71.0 Å². The second kappa shape index (κ2) is 6.90. The minimum atomic E-state index is -5.34. The van der Waals surface area contributed by atoms with Crippen LogP contribution in [0.1, 0.15) is 27.5 Å². The number of halogens is 4. The predicted molar refractivity (Wildman–Crippen MR) is 90.8 cm³/mol. The van der Waals surface area contributed by atoms with Gasteiger partial charge in [0.2, 0.25) is 5.72 Å². The van der Waals surface area contributed by atoms with Crippen LogP contribution in [0, 0.1) is 18.7 Å². The molecule has 0 saturated carbocycles. The first-order valence-corrected chi connectivity index (χ1v) is 8.27. The average molecular weight is 396 g/mol. The third kappa shape index (κ3) is 3.45. The van der Waals surface area contributed by atoms with E-state index in [1.807, 2.05) is 0 Å². The monoisotopic (exact) mass is 396 g/mol. The molecule has 0 unspecified atom stereocenters. The van der Waals surface area contributed by atoms with E-state index in [2.05, 4.69) is 5.32 Å². The molecule has 0 radical (unpaired) electrons. The summed E-state index contributed by atoms with van der Waals surface area (Å²) in [6.45, 7) is 1.76. The number of amides is 2. The highest BCUT2D eigenvalue weighted by molar-refractivity contribution is 6.00.